The summed E-state index contributed by atoms with van der Waals surface area (Å²) >= 11 is 0. The Balaban J connectivity index is 1.73. The molecule has 3 rings (SSSR count). The van der Waals surface area contributed by atoms with Gasteiger partial charge in [-0.25, -0.2) is 4.98 Å². The quantitative estimate of drug-likeness (QED) is 0.844. The van der Waals surface area contributed by atoms with E-state index in [-0.39, 0.29) is 11.6 Å². The van der Waals surface area contributed by atoms with E-state index in [1.54, 1.807) is 6.20 Å². The molecule has 1 aliphatic heterocycles. The second kappa shape index (κ2) is 7.93. The van der Waals surface area contributed by atoms with Gasteiger partial charge in [0.15, 0.2) is 0 Å². The Morgan fingerprint density at radius 2 is 1.88 bits per heavy atom. The van der Waals surface area contributed by atoms with Gasteiger partial charge in [0.1, 0.15) is 5.82 Å². The minimum atomic E-state index is -0.00856. The molecule has 0 saturated carbocycles. The largest absolute Gasteiger partial charge is 0.381 e. The van der Waals surface area contributed by atoms with E-state index in [0.717, 1.165) is 49.8 Å². The minimum Gasteiger partial charge on any atom is -0.381 e. The van der Waals surface area contributed by atoms with Crippen LogP contribution in [0.4, 0.5) is 5.82 Å². The van der Waals surface area contributed by atoms with E-state index < -0.39 is 0 Å². The highest BCUT2D eigenvalue weighted by molar-refractivity contribution is 5.40. The molecular formula is C20H28N4O. The zero-order chi connectivity index (χ0) is 17.7. The zero-order valence-corrected chi connectivity index (χ0v) is 15.4. The fourth-order valence-corrected chi connectivity index (χ4v) is 3.38. The van der Waals surface area contributed by atoms with Crippen molar-refractivity contribution in [3.63, 3.8) is 0 Å². The summed E-state index contributed by atoms with van der Waals surface area (Å²) in [7, 11) is 0. The molecule has 1 unspecified atom stereocenters. The van der Waals surface area contributed by atoms with Crippen LogP contribution in [-0.2, 0) is 4.74 Å². The molecule has 1 fully saturated rings. The Labute approximate surface area is 150 Å². The Morgan fingerprint density at radius 3 is 2.60 bits per heavy atom. The van der Waals surface area contributed by atoms with Gasteiger partial charge in [0.25, 0.3) is 0 Å². The number of nitrogens with zero attached hydrogens (tertiary/aromatic N) is 2. The number of anilines is 1. The fourth-order valence-electron chi connectivity index (χ4n) is 3.38. The minimum absolute atomic E-state index is 0.00856. The molecule has 2 aromatic rings. The molecule has 134 valence electrons. The maximum absolute atomic E-state index is 5.61. The summed E-state index contributed by atoms with van der Waals surface area (Å²) in [6.07, 6.45) is 3.77. The molecule has 25 heavy (non-hydrogen) atoms. The highest BCUT2D eigenvalue weighted by atomic mass is 16.5. The van der Waals surface area contributed by atoms with Gasteiger partial charge in [0.05, 0.1) is 11.4 Å². The summed E-state index contributed by atoms with van der Waals surface area (Å²) < 4.78 is 5.61. The van der Waals surface area contributed by atoms with Gasteiger partial charge >= 0.3 is 0 Å². The van der Waals surface area contributed by atoms with Crippen LogP contribution in [0.3, 0.4) is 0 Å². The van der Waals surface area contributed by atoms with Gasteiger partial charge in [-0.1, -0.05) is 30.3 Å². The van der Waals surface area contributed by atoms with Crippen LogP contribution in [0, 0.1) is 13.8 Å². The summed E-state index contributed by atoms with van der Waals surface area (Å²) in [4.78, 5) is 9.00. The van der Waals surface area contributed by atoms with Gasteiger partial charge < -0.3 is 15.4 Å². The molecule has 5 heteroatoms. The average molecular weight is 340 g/mol. The van der Waals surface area contributed by atoms with Gasteiger partial charge in [0.2, 0.25) is 0 Å². The normalized spacial score (nSPS) is 17.9. The van der Waals surface area contributed by atoms with Gasteiger partial charge in [-0.15, -0.1) is 0 Å². The van der Waals surface area contributed by atoms with Crippen LogP contribution < -0.4 is 10.6 Å². The van der Waals surface area contributed by atoms with E-state index in [1.807, 2.05) is 13.8 Å². The van der Waals surface area contributed by atoms with Crippen molar-refractivity contribution >= 4 is 5.82 Å². The summed E-state index contributed by atoms with van der Waals surface area (Å²) in [5, 5.41) is 7.39. The lowest BCUT2D eigenvalue weighted by molar-refractivity contribution is 0.0389. The van der Waals surface area contributed by atoms with Crippen molar-refractivity contribution in [2.45, 2.75) is 45.2 Å². The first-order chi connectivity index (χ1) is 12.1. The number of hydrogen-bond donors (Lipinski definition) is 2. The number of hydrogen-bond acceptors (Lipinski definition) is 5. The predicted molar refractivity (Wildman–Crippen MR) is 101 cm³/mol. The smallest absolute Gasteiger partial charge is 0.147 e. The third-order valence-electron chi connectivity index (χ3n) is 4.94. The van der Waals surface area contributed by atoms with Crippen LogP contribution in [0.15, 0.2) is 36.5 Å². The van der Waals surface area contributed by atoms with Crippen molar-refractivity contribution < 1.29 is 4.74 Å². The number of ether oxygens (including phenoxy) is 1. The van der Waals surface area contributed by atoms with E-state index in [1.165, 1.54) is 5.56 Å². The third-order valence-corrected chi connectivity index (χ3v) is 4.94. The molecule has 0 amide bonds. The van der Waals surface area contributed by atoms with E-state index in [2.05, 4.69) is 57.9 Å². The third kappa shape index (κ3) is 4.55. The van der Waals surface area contributed by atoms with E-state index in [4.69, 9.17) is 4.74 Å². The summed E-state index contributed by atoms with van der Waals surface area (Å²) in [6.45, 7) is 8.57. The first-order valence-corrected chi connectivity index (χ1v) is 9.02. The van der Waals surface area contributed by atoms with Crippen molar-refractivity contribution in [1.29, 1.82) is 0 Å². The molecule has 5 nitrogen and oxygen atoms in total. The number of benzene rings is 1. The standard InChI is InChI=1S/C20H28N4O/c1-15-13-21-17(3)19(23-15)22-14-20(9-11-25-12-10-20)24-16(2)18-7-5-4-6-8-18/h4-8,13,16,24H,9-12,14H2,1-3H3,(H,22,23). The van der Waals surface area contributed by atoms with Crippen LogP contribution in [0.5, 0.6) is 0 Å². The zero-order valence-electron chi connectivity index (χ0n) is 15.4. The molecule has 1 atom stereocenters. The lowest BCUT2D eigenvalue weighted by Crippen LogP contribution is -2.54. The fraction of sp³-hybridized carbons (Fsp3) is 0.500. The van der Waals surface area contributed by atoms with Crippen LogP contribution >= 0.6 is 0 Å². The Bertz CT molecular complexity index is 683. The molecule has 0 radical (unpaired) electrons. The molecule has 1 aliphatic rings. The second-order valence-electron chi connectivity index (χ2n) is 6.97. The highest BCUT2D eigenvalue weighted by Crippen LogP contribution is 2.26. The van der Waals surface area contributed by atoms with Crippen molar-refractivity contribution in [3.05, 3.63) is 53.5 Å². The van der Waals surface area contributed by atoms with E-state index in [9.17, 15) is 0 Å². The monoisotopic (exact) mass is 340 g/mol. The van der Waals surface area contributed by atoms with Gasteiger partial charge in [-0.05, 0) is 39.2 Å². The molecule has 1 aromatic carbocycles. The topological polar surface area (TPSA) is 59.1 Å². The average Bonchev–Trinajstić information content (AvgIpc) is 2.64. The van der Waals surface area contributed by atoms with Gasteiger partial charge in [-0.3, -0.25) is 4.98 Å². The lowest BCUT2D eigenvalue weighted by Gasteiger charge is -2.40. The molecule has 1 aromatic heterocycles. The van der Waals surface area contributed by atoms with Gasteiger partial charge in [-0.2, -0.15) is 0 Å². The first-order valence-electron chi connectivity index (χ1n) is 9.02. The molecule has 2 heterocycles. The van der Waals surface area contributed by atoms with Crippen LogP contribution in [0.2, 0.25) is 0 Å². The van der Waals surface area contributed by atoms with Crippen LogP contribution in [0.1, 0.15) is 42.8 Å². The van der Waals surface area contributed by atoms with Crippen LogP contribution in [0.25, 0.3) is 0 Å². The summed E-state index contributed by atoms with van der Waals surface area (Å²) in [6, 6.07) is 10.9. The SMILES string of the molecule is Cc1cnc(C)c(NCC2(NC(C)c3ccccc3)CCOCC2)n1. The van der Waals surface area contributed by atoms with Crippen molar-refractivity contribution in [3.8, 4) is 0 Å². The number of aromatic nitrogens is 2. The molecule has 0 spiro atoms. The highest BCUT2D eigenvalue weighted by Gasteiger charge is 2.34. The molecule has 0 bridgehead atoms. The maximum Gasteiger partial charge on any atom is 0.147 e. The summed E-state index contributed by atoms with van der Waals surface area (Å²) in [5.74, 6) is 0.875. The van der Waals surface area contributed by atoms with E-state index in [0.29, 0.717) is 0 Å². The van der Waals surface area contributed by atoms with Gasteiger partial charge in [0, 0.05) is 37.5 Å². The predicted octanol–water partition coefficient (Wildman–Crippen LogP) is 3.41. The van der Waals surface area contributed by atoms with Crippen molar-refractivity contribution in [2.24, 2.45) is 0 Å². The molecular weight excluding hydrogens is 312 g/mol. The first kappa shape index (κ1) is 17.8. The van der Waals surface area contributed by atoms with Crippen molar-refractivity contribution in [1.82, 2.24) is 15.3 Å². The Hall–Kier alpha value is -1.98. The summed E-state index contributed by atoms with van der Waals surface area (Å²) in [5.41, 5.74) is 3.16. The second-order valence-corrected chi connectivity index (χ2v) is 6.97. The van der Waals surface area contributed by atoms with E-state index >= 15 is 0 Å². The molecule has 1 saturated heterocycles. The lowest BCUT2D eigenvalue weighted by atomic mass is 9.88. The molecule has 2 N–H and O–H groups in total. The maximum atomic E-state index is 5.61. The van der Waals surface area contributed by atoms with Crippen molar-refractivity contribution in [2.75, 3.05) is 25.1 Å². The number of aryl methyl sites for hydroxylation is 2. The molecule has 0 aliphatic carbocycles. The Morgan fingerprint density at radius 1 is 1.16 bits per heavy atom. The van der Waals surface area contributed by atoms with Crippen LogP contribution in [-0.4, -0.2) is 35.3 Å². The number of nitrogens with one attached hydrogen (secondary N) is 2. The Kier molecular flexibility index (Phi) is 5.66. The number of rotatable bonds is 6.